The largest absolute Gasteiger partial charge is 0.464 e. The van der Waals surface area contributed by atoms with Crippen molar-refractivity contribution in [2.24, 2.45) is 0 Å². The Balaban J connectivity index is 3.40. The average Bonchev–Trinajstić information content (AvgIpc) is 2.59. The number of alkyl halides is 1. The number of amides is 1. The molecule has 0 aliphatic heterocycles. The summed E-state index contributed by atoms with van der Waals surface area (Å²) in [7, 11) is 0. The topological polar surface area (TPSA) is 102 Å². The lowest BCUT2D eigenvalue weighted by atomic mass is 9.82. The molecule has 0 saturated carbocycles. The highest BCUT2D eigenvalue weighted by atomic mass is 35.5. The number of hydroxylamine groups is 1. The highest BCUT2D eigenvalue weighted by Crippen LogP contribution is 2.39. The molecule has 132 valence electrons. The van der Waals surface area contributed by atoms with Gasteiger partial charge in [-0.1, -0.05) is 41.9 Å². The first-order valence-electron chi connectivity index (χ1n) is 7.42. The van der Waals surface area contributed by atoms with Gasteiger partial charge in [-0.15, -0.1) is 0 Å². The predicted octanol–water partition coefficient (Wildman–Crippen LogP) is 1.77. The smallest absolute Gasteiger partial charge is 0.339 e. The summed E-state index contributed by atoms with van der Waals surface area (Å²) in [5.74, 6) is -3.91. The van der Waals surface area contributed by atoms with Crippen molar-refractivity contribution in [2.75, 3.05) is 13.2 Å². The normalized spacial score (nSPS) is 12.2. The number of ether oxygens (including phenoxy) is 2. The molecule has 0 saturated heterocycles. The van der Waals surface area contributed by atoms with Crippen molar-refractivity contribution in [1.82, 2.24) is 5.48 Å². The molecular weight excluding hydrogens is 338 g/mol. The second-order valence-corrected chi connectivity index (χ2v) is 5.45. The number of rotatable bonds is 8. The van der Waals surface area contributed by atoms with Crippen LogP contribution < -0.4 is 5.48 Å². The molecule has 1 rings (SSSR count). The molecule has 1 aromatic carbocycles. The van der Waals surface area contributed by atoms with E-state index in [1.165, 1.54) is 5.48 Å². The van der Waals surface area contributed by atoms with E-state index in [-0.39, 0.29) is 13.2 Å². The van der Waals surface area contributed by atoms with Crippen LogP contribution in [0.5, 0.6) is 0 Å². The first kappa shape index (κ1) is 19.9. The summed E-state index contributed by atoms with van der Waals surface area (Å²) in [6, 6.07) is 8.31. The van der Waals surface area contributed by atoms with Crippen LogP contribution in [0.1, 0.15) is 31.7 Å². The van der Waals surface area contributed by atoms with Gasteiger partial charge in [-0.05, 0) is 19.4 Å². The maximum absolute atomic E-state index is 12.4. The van der Waals surface area contributed by atoms with E-state index in [0.29, 0.717) is 5.56 Å². The Morgan fingerprint density at radius 2 is 1.62 bits per heavy atom. The SMILES string of the molecule is CCOC(=O)C(Cl)(C(=O)OCC)C(CC(=O)NO)c1ccccc1. The van der Waals surface area contributed by atoms with Crippen LogP contribution in [0.2, 0.25) is 0 Å². The Labute approximate surface area is 144 Å². The van der Waals surface area contributed by atoms with E-state index in [9.17, 15) is 14.4 Å². The zero-order chi connectivity index (χ0) is 18.2. The summed E-state index contributed by atoms with van der Waals surface area (Å²) in [5, 5.41) is 8.81. The van der Waals surface area contributed by atoms with Crippen LogP contribution in [0.3, 0.4) is 0 Å². The monoisotopic (exact) mass is 357 g/mol. The maximum Gasteiger partial charge on any atom is 0.339 e. The van der Waals surface area contributed by atoms with E-state index in [4.69, 9.17) is 26.3 Å². The number of benzene rings is 1. The van der Waals surface area contributed by atoms with Crippen LogP contribution in [-0.4, -0.2) is 41.1 Å². The molecular formula is C16H20ClNO6. The number of halogens is 1. The molecule has 1 amide bonds. The first-order valence-corrected chi connectivity index (χ1v) is 7.80. The highest BCUT2D eigenvalue weighted by Gasteiger charge is 2.54. The lowest BCUT2D eigenvalue weighted by Gasteiger charge is -2.31. The molecule has 8 heteroatoms. The van der Waals surface area contributed by atoms with Crippen molar-refractivity contribution in [3.63, 3.8) is 0 Å². The van der Waals surface area contributed by atoms with Crippen molar-refractivity contribution in [3.05, 3.63) is 35.9 Å². The molecule has 0 radical (unpaired) electrons. The van der Waals surface area contributed by atoms with Crippen molar-refractivity contribution >= 4 is 29.4 Å². The Kier molecular flexibility index (Phi) is 7.67. The standard InChI is InChI=1S/C16H20ClNO6/c1-3-23-14(20)16(17,15(21)24-4-2)12(10-13(19)18-22)11-8-6-5-7-9-11/h5-9,12,22H,3-4,10H2,1-2H3,(H,18,19). The minimum atomic E-state index is -2.25. The van der Waals surface area contributed by atoms with Gasteiger partial charge in [-0.2, -0.15) is 0 Å². The lowest BCUT2D eigenvalue weighted by molar-refractivity contribution is -0.160. The number of carbonyl (C=O) groups is 3. The summed E-state index contributed by atoms with van der Waals surface area (Å²) < 4.78 is 9.85. The molecule has 0 spiro atoms. The quantitative estimate of drug-likeness (QED) is 0.242. The van der Waals surface area contributed by atoms with Gasteiger partial charge in [0, 0.05) is 12.3 Å². The van der Waals surface area contributed by atoms with Gasteiger partial charge in [-0.3, -0.25) is 10.0 Å². The minimum Gasteiger partial charge on any atom is -0.464 e. The van der Waals surface area contributed by atoms with Gasteiger partial charge in [0.25, 0.3) is 0 Å². The third-order valence-electron chi connectivity index (χ3n) is 3.34. The number of hydrogen-bond acceptors (Lipinski definition) is 6. The van der Waals surface area contributed by atoms with E-state index < -0.39 is 35.1 Å². The van der Waals surface area contributed by atoms with E-state index in [1.807, 2.05) is 0 Å². The third-order valence-corrected chi connectivity index (χ3v) is 3.91. The molecule has 0 bridgehead atoms. The molecule has 0 heterocycles. The Morgan fingerprint density at radius 1 is 1.12 bits per heavy atom. The lowest BCUT2D eigenvalue weighted by Crippen LogP contribution is -2.50. The molecule has 0 aromatic heterocycles. The number of carbonyl (C=O) groups excluding carboxylic acids is 3. The molecule has 0 aliphatic rings. The first-order chi connectivity index (χ1) is 11.4. The zero-order valence-electron chi connectivity index (χ0n) is 13.5. The summed E-state index contributed by atoms with van der Waals surface area (Å²) in [6.45, 7) is 3.14. The third kappa shape index (κ3) is 4.46. The summed E-state index contributed by atoms with van der Waals surface area (Å²) in [5.41, 5.74) is 1.93. The Hall–Kier alpha value is -2.12. The van der Waals surface area contributed by atoms with Crippen molar-refractivity contribution < 1.29 is 29.1 Å². The fourth-order valence-electron chi connectivity index (χ4n) is 2.24. The van der Waals surface area contributed by atoms with Crippen molar-refractivity contribution in [2.45, 2.75) is 31.1 Å². The van der Waals surface area contributed by atoms with Crippen molar-refractivity contribution in [3.8, 4) is 0 Å². The molecule has 1 aromatic rings. The van der Waals surface area contributed by atoms with Gasteiger partial charge in [0.05, 0.1) is 13.2 Å². The predicted molar refractivity (Wildman–Crippen MR) is 85.6 cm³/mol. The Bertz CT molecular complexity index is 559. The molecule has 24 heavy (non-hydrogen) atoms. The summed E-state index contributed by atoms with van der Waals surface area (Å²) in [6.07, 6.45) is -0.415. The van der Waals surface area contributed by atoms with Gasteiger partial charge in [0.2, 0.25) is 10.8 Å². The van der Waals surface area contributed by atoms with Crippen LogP contribution in [0.4, 0.5) is 0 Å². The van der Waals surface area contributed by atoms with Crippen LogP contribution in [0.25, 0.3) is 0 Å². The van der Waals surface area contributed by atoms with Crippen LogP contribution in [0.15, 0.2) is 30.3 Å². The maximum atomic E-state index is 12.4. The average molecular weight is 358 g/mol. The number of hydrogen-bond donors (Lipinski definition) is 2. The second kappa shape index (κ2) is 9.24. The van der Waals surface area contributed by atoms with E-state index in [0.717, 1.165) is 0 Å². The van der Waals surface area contributed by atoms with E-state index in [1.54, 1.807) is 44.2 Å². The summed E-state index contributed by atoms with van der Waals surface area (Å²) in [4.78, 5) is 34.3. The van der Waals surface area contributed by atoms with Gasteiger partial charge in [0.1, 0.15) is 0 Å². The summed E-state index contributed by atoms with van der Waals surface area (Å²) >= 11 is 6.39. The van der Waals surface area contributed by atoms with Gasteiger partial charge in [0.15, 0.2) is 0 Å². The minimum absolute atomic E-state index is 0.000411. The van der Waals surface area contributed by atoms with Gasteiger partial charge in [-0.25, -0.2) is 15.1 Å². The molecule has 2 N–H and O–H groups in total. The molecule has 0 fully saturated rings. The number of esters is 2. The van der Waals surface area contributed by atoms with Crippen LogP contribution in [-0.2, 0) is 23.9 Å². The van der Waals surface area contributed by atoms with E-state index >= 15 is 0 Å². The van der Waals surface area contributed by atoms with Gasteiger partial charge < -0.3 is 9.47 Å². The van der Waals surface area contributed by atoms with Crippen LogP contribution in [0, 0.1) is 0 Å². The van der Waals surface area contributed by atoms with E-state index in [2.05, 4.69) is 0 Å². The van der Waals surface area contributed by atoms with Crippen molar-refractivity contribution in [1.29, 1.82) is 0 Å². The Morgan fingerprint density at radius 3 is 2.04 bits per heavy atom. The fraction of sp³-hybridized carbons (Fsp3) is 0.438. The molecule has 0 aliphatic carbocycles. The zero-order valence-corrected chi connectivity index (χ0v) is 14.2. The van der Waals surface area contributed by atoms with Gasteiger partial charge >= 0.3 is 11.9 Å². The fourth-order valence-corrected chi connectivity index (χ4v) is 2.56. The second-order valence-electron chi connectivity index (χ2n) is 4.86. The van der Waals surface area contributed by atoms with Crippen LogP contribution >= 0.6 is 11.6 Å². The number of nitrogens with one attached hydrogen (secondary N) is 1. The molecule has 1 unspecified atom stereocenters. The highest BCUT2D eigenvalue weighted by molar-refractivity contribution is 6.45. The molecule has 1 atom stereocenters. The molecule has 7 nitrogen and oxygen atoms in total.